The normalized spacial score (nSPS) is 10.5. The van der Waals surface area contributed by atoms with Gasteiger partial charge in [0.1, 0.15) is 17.3 Å². The molecule has 0 unspecified atom stereocenters. The van der Waals surface area contributed by atoms with Gasteiger partial charge in [0, 0.05) is 31.3 Å². The van der Waals surface area contributed by atoms with E-state index in [2.05, 4.69) is 29.3 Å². The Bertz CT molecular complexity index is 931. The highest BCUT2D eigenvalue weighted by Gasteiger charge is 2.12. The number of aromatic nitrogens is 2. The van der Waals surface area contributed by atoms with Gasteiger partial charge in [0.25, 0.3) is 0 Å². The van der Waals surface area contributed by atoms with Crippen LogP contribution in [0.4, 0.5) is 17.5 Å². The third-order valence-corrected chi connectivity index (χ3v) is 4.64. The lowest BCUT2D eigenvalue weighted by Gasteiger charge is -2.19. The Labute approximate surface area is 172 Å². The van der Waals surface area contributed by atoms with Crippen LogP contribution in [0.1, 0.15) is 19.8 Å². The van der Waals surface area contributed by atoms with Crippen LogP contribution < -0.4 is 19.7 Å². The number of anilines is 3. The Hall–Kier alpha value is -3.28. The van der Waals surface area contributed by atoms with Gasteiger partial charge in [-0.05, 0) is 18.6 Å². The maximum atomic E-state index is 5.51. The van der Waals surface area contributed by atoms with E-state index >= 15 is 0 Å². The summed E-state index contributed by atoms with van der Waals surface area (Å²) in [7, 11) is 5.30. The minimum absolute atomic E-state index is 0.685. The van der Waals surface area contributed by atoms with Gasteiger partial charge >= 0.3 is 0 Å². The van der Waals surface area contributed by atoms with E-state index in [0.29, 0.717) is 17.5 Å². The summed E-state index contributed by atoms with van der Waals surface area (Å²) in [5.41, 5.74) is 2.73. The molecule has 0 radical (unpaired) electrons. The molecule has 6 nitrogen and oxygen atoms in total. The minimum Gasteiger partial charge on any atom is -0.497 e. The molecule has 0 aliphatic heterocycles. The van der Waals surface area contributed by atoms with Crippen molar-refractivity contribution >= 4 is 17.5 Å². The minimum atomic E-state index is 0.685. The van der Waals surface area contributed by atoms with Gasteiger partial charge < -0.3 is 19.7 Å². The average molecular weight is 393 g/mol. The zero-order valence-electron chi connectivity index (χ0n) is 17.5. The number of nitrogens with one attached hydrogen (secondary N) is 1. The predicted molar refractivity (Wildman–Crippen MR) is 118 cm³/mol. The molecule has 1 N–H and O–H groups in total. The fourth-order valence-corrected chi connectivity index (χ4v) is 2.96. The zero-order chi connectivity index (χ0) is 20.6. The number of ether oxygens (including phenoxy) is 2. The fourth-order valence-electron chi connectivity index (χ4n) is 2.96. The van der Waals surface area contributed by atoms with E-state index in [0.717, 1.165) is 42.1 Å². The highest BCUT2D eigenvalue weighted by Crippen LogP contribution is 2.32. The molecule has 0 saturated heterocycles. The van der Waals surface area contributed by atoms with Crippen molar-refractivity contribution in [2.24, 2.45) is 0 Å². The Morgan fingerprint density at radius 3 is 2.45 bits per heavy atom. The van der Waals surface area contributed by atoms with Gasteiger partial charge in [0.2, 0.25) is 5.95 Å². The van der Waals surface area contributed by atoms with Crippen LogP contribution in [0, 0.1) is 0 Å². The van der Waals surface area contributed by atoms with Crippen molar-refractivity contribution in [3.05, 3.63) is 54.6 Å². The summed E-state index contributed by atoms with van der Waals surface area (Å²) in [6, 6.07) is 17.7. The largest absolute Gasteiger partial charge is 0.497 e. The molecule has 152 valence electrons. The van der Waals surface area contributed by atoms with Crippen LogP contribution in [0.3, 0.4) is 0 Å². The first-order valence-electron chi connectivity index (χ1n) is 9.79. The number of methoxy groups -OCH3 is 2. The smallest absolute Gasteiger partial charge is 0.227 e. The molecule has 1 aromatic heterocycles. The van der Waals surface area contributed by atoms with Crippen LogP contribution >= 0.6 is 0 Å². The van der Waals surface area contributed by atoms with E-state index in [1.165, 1.54) is 0 Å². The molecular formula is C23H28N4O2. The molecular weight excluding hydrogens is 364 g/mol. The highest BCUT2D eigenvalue weighted by atomic mass is 16.5. The van der Waals surface area contributed by atoms with E-state index in [4.69, 9.17) is 19.4 Å². The van der Waals surface area contributed by atoms with Crippen molar-refractivity contribution in [3.8, 4) is 22.8 Å². The molecule has 3 aromatic rings. The van der Waals surface area contributed by atoms with Crippen LogP contribution in [0.2, 0.25) is 0 Å². The van der Waals surface area contributed by atoms with Gasteiger partial charge in [-0.1, -0.05) is 43.7 Å². The quantitative estimate of drug-likeness (QED) is 0.544. The number of nitrogens with zero attached hydrogens (tertiary/aromatic N) is 3. The summed E-state index contributed by atoms with van der Waals surface area (Å²) in [6.07, 6.45) is 2.21. The molecule has 29 heavy (non-hydrogen) atoms. The molecule has 0 bridgehead atoms. The molecule has 1 heterocycles. The Balaban J connectivity index is 1.99. The Kier molecular flexibility index (Phi) is 6.89. The first-order valence-corrected chi connectivity index (χ1v) is 9.79. The van der Waals surface area contributed by atoms with Crippen molar-refractivity contribution in [3.63, 3.8) is 0 Å². The molecule has 0 aliphatic rings. The molecule has 0 spiro atoms. The molecule has 0 aliphatic carbocycles. The maximum absolute atomic E-state index is 5.51. The third kappa shape index (κ3) is 5.16. The second-order valence-electron chi connectivity index (χ2n) is 6.77. The van der Waals surface area contributed by atoms with Crippen LogP contribution in [0.25, 0.3) is 11.3 Å². The summed E-state index contributed by atoms with van der Waals surface area (Å²) in [5.74, 6) is 2.82. The van der Waals surface area contributed by atoms with Crippen molar-refractivity contribution in [2.45, 2.75) is 19.8 Å². The standard InChI is InChI=1S/C23H28N4O2/c1-5-6-14-27(2)23-25-20(17-10-8-7-9-11-17)16-22(26-23)24-19-13-12-18(28-3)15-21(19)29-4/h7-13,15-16H,5-6,14H2,1-4H3,(H,24,25,26). The first-order chi connectivity index (χ1) is 14.1. The van der Waals surface area contributed by atoms with Gasteiger partial charge in [0.05, 0.1) is 25.6 Å². The summed E-state index contributed by atoms with van der Waals surface area (Å²) in [6.45, 7) is 3.08. The third-order valence-electron chi connectivity index (χ3n) is 4.64. The average Bonchev–Trinajstić information content (AvgIpc) is 2.78. The first kappa shape index (κ1) is 20.5. The van der Waals surface area contributed by atoms with E-state index in [-0.39, 0.29) is 0 Å². The van der Waals surface area contributed by atoms with Crippen molar-refractivity contribution in [1.29, 1.82) is 0 Å². The SMILES string of the molecule is CCCCN(C)c1nc(Nc2ccc(OC)cc2OC)cc(-c2ccccc2)n1. The second kappa shape index (κ2) is 9.78. The molecule has 0 atom stereocenters. The molecule has 0 amide bonds. The lowest BCUT2D eigenvalue weighted by molar-refractivity contribution is 0.395. The van der Waals surface area contributed by atoms with Crippen LogP contribution in [0.5, 0.6) is 11.5 Å². The maximum Gasteiger partial charge on any atom is 0.227 e. The van der Waals surface area contributed by atoms with Gasteiger partial charge in [0.15, 0.2) is 0 Å². The van der Waals surface area contributed by atoms with Crippen LogP contribution in [-0.2, 0) is 0 Å². The second-order valence-corrected chi connectivity index (χ2v) is 6.77. The Morgan fingerprint density at radius 1 is 0.966 bits per heavy atom. The summed E-state index contributed by atoms with van der Waals surface area (Å²) in [4.78, 5) is 11.6. The lowest BCUT2D eigenvalue weighted by Crippen LogP contribution is -2.21. The van der Waals surface area contributed by atoms with Crippen molar-refractivity contribution in [1.82, 2.24) is 9.97 Å². The summed E-state index contributed by atoms with van der Waals surface area (Å²) in [5, 5.41) is 3.38. The fraction of sp³-hybridized carbons (Fsp3) is 0.304. The highest BCUT2D eigenvalue weighted by molar-refractivity contribution is 5.70. The van der Waals surface area contributed by atoms with Gasteiger partial charge in [-0.15, -0.1) is 0 Å². The summed E-state index contributed by atoms with van der Waals surface area (Å²) < 4.78 is 10.8. The van der Waals surface area contributed by atoms with Crippen molar-refractivity contribution < 1.29 is 9.47 Å². The molecule has 6 heteroatoms. The Morgan fingerprint density at radius 2 is 1.76 bits per heavy atom. The summed E-state index contributed by atoms with van der Waals surface area (Å²) >= 11 is 0. The number of benzene rings is 2. The topological polar surface area (TPSA) is 59.5 Å². The lowest BCUT2D eigenvalue weighted by atomic mass is 10.1. The van der Waals surface area contributed by atoms with Gasteiger partial charge in [-0.3, -0.25) is 0 Å². The van der Waals surface area contributed by atoms with E-state index in [1.54, 1.807) is 14.2 Å². The van der Waals surface area contributed by atoms with E-state index < -0.39 is 0 Å². The number of hydrogen-bond donors (Lipinski definition) is 1. The molecule has 3 rings (SSSR count). The van der Waals surface area contributed by atoms with Crippen molar-refractivity contribution in [2.75, 3.05) is 38.0 Å². The number of unbranched alkanes of at least 4 members (excludes halogenated alkanes) is 1. The van der Waals surface area contributed by atoms with Crippen LogP contribution in [0.15, 0.2) is 54.6 Å². The zero-order valence-corrected chi connectivity index (χ0v) is 17.5. The van der Waals surface area contributed by atoms with E-state index in [1.807, 2.05) is 49.5 Å². The van der Waals surface area contributed by atoms with Crippen LogP contribution in [-0.4, -0.2) is 37.8 Å². The van der Waals surface area contributed by atoms with Gasteiger partial charge in [-0.25, -0.2) is 4.98 Å². The van der Waals surface area contributed by atoms with E-state index in [9.17, 15) is 0 Å². The number of rotatable bonds is 9. The monoisotopic (exact) mass is 392 g/mol. The molecule has 0 saturated carbocycles. The number of hydrogen-bond acceptors (Lipinski definition) is 6. The predicted octanol–water partition coefficient (Wildman–Crippen LogP) is 5.14. The molecule has 2 aromatic carbocycles. The molecule has 0 fully saturated rings. The van der Waals surface area contributed by atoms with Gasteiger partial charge in [-0.2, -0.15) is 4.98 Å².